The molecule has 0 saturated carbocycles. The number of hydrogen-bond acceptors (Lipinski definition) is 2. The molecule has 100 valence electrons. The van der Waals surface area contributed by atoms with Gasteiger partial charge in [0.15, 0.2) is 0 Å². The Morgan fingerprint density at radius 2 is 2.00 bits per heavy atom. The number of rotatable bonds is 3. The van der Waals surface area contributed by atoms with E-state index in [0.29, 0.717) is 18.0 Å². The molecule has 1 atom stereocenters. The monoisotopic (exact) mass is 248 g/mol. The first-order valence-electron chi connectivity index (χ1n) is 6.36. The lowest BCUT2D eigenvalue weighted by Gasteiger charge is -2.26. The molecule has 3 nitrogen and oxygen atoms in total. The second kappa shape index (κ2) is 5.42. The van der Waals surface area contributed by atoms with Gasteiger partial charge in [0.1, 0.15) is 0 Å². The van der Waals surface area contributed by atoms with Crippen molar-refractivity contribution in [1.29, 1.82) is 0 Å². The molecule has 0 bridgehead atoms. The molecule has 1 aromatic rings. The highest BCUT2D eigenvalue weighted by molar-refractivity contribution is 5.91. The van der Waals surface area contributed by atoms with Crippen LogP contribution in [0.15, 0.2) is 18.2 Å². The second-order valence-corrected chi connectivity index (χ2v) is 6.09. The molecule has 1 unspecified atom stereocenters. The molecule has 1 aromatic carbocycles. The van der Waals surface area contributed by atoms with E-state index in [0.717, 1.165) is 11.3 Å². The van der Waals surface area contributed by atoms with Gasteiger partial charge in [-0.1, -0.05) is 27.7 Å². The summed E-state index contributed by atoms with van der Waals surface area (Å²) in [4.78, 5) is 12.0. The first-order chi connectivity index (χ1) is 8.20. The van der Waals surface area contributed by atoms with Gasteiger partial charge in [0, 0.05) is 17.8 Å². The van der Waals surface area contributed by atoms with Gasteiger partial charge < -0.3 is 11.1 Å². The normalized spacial score (nSPS) is 13.2. The van der Waals surface area contributed by atoms with Crippen LogP contribution in [0.25, 0.3) is 0 Å². The van der Waals surface area contributed by atoms with E-state index in [1.54, 1.807) is 6.07 Å². The van der Waals surface area contributed by atoms with E-state index in [4.69, 9.17) is 5.73 Å². The molecule has 0 aliphatic carbocycles. The average molecular weight is 248 g/mol. The molecule has 0 saturated heterocycles. The standard InChI is InChI=1S/C15H24N2O/c1-10-8-12(16)6-7-13(10)17-14(18)9-11(2)15(3,4)5/h6-8,11H,9,16H2,1-5H3,(H,17,18). The van der Waals surface area contributed by atoms with Gasteiger partial charge in [0.25, 0.3) is 0 Å². The summed E-state index contributed by atoms with van der Waals surface area (Å²) in [5.41, 5.74) is 8.38. The van der Waals surface area contributed by atoms with Crippen molar-refractivity contribution in [3.05, 3.63) is 23.8 Å². The maximum atomic E-state index is 12.0. The number of carbonyl (C=O) groups excluding carboxylic acids is 1. The van der Waals surface area contributed by atoms with Gasteiger partial charge in [-0.25, -0.2) is 0 Å². The molecule has 1 rings (SSSR count). The summed E-state index contributed by atoms with van der Waals surface area (Å²) < 4.78 is 0. The van der Waals surface area contributed by atoms with Gasteiger partial charge >= 0.3 is 0 Å². The van der Waals surface area contributed by atoms with Crippen LogP contribution in [0.4, 0.5) is 11.4 Å². The van der Waals surface area contributed by atoms with E-state index in [-0.39, 0.29) is 11.3 Å². The zero-order valence-electron chi connectivity index (χ0n) is 12.0. The van der Waals surface area contributed by atoms with Crippen molar-refractivity contribution in [2.75, 3.05) is 11.1 Å². The van der Waals surface area contributed by atoms with Crippen LogP contribution in [-0.2, 0) is 4.79 Å². The van der Waals surface area contributed by atoms with Gasteiger partial charge in [0.2, 0.25) is 5.91 Å². The minimum atomic E-state index is 0.0605. The summed E-state index contributed by atoms with van der Waals surface area (Å²) in [6.07, 6.45) is 0.535. The molecule has 0 radical (unpaired) electrons. The average Bonchev–Trinajstić information content (AvgIpc) is 2.20. The van der Waals surface area contributed by atoms with Crippen molar-refractivity contribution in [2.24, 2.45) is 11.3 Å². The predicted octanol–water partition coefficient (Wildman–Crippen LogP) is 3.59. The van der Waals surface area contributed by atoms with E-state index in [9.17, 15) is 4.79 Å². The lowest BCUT2D eigenvalue weighted by Crippen LogP contribution is -2.24. The molecule has 0 spiro atoms. The maximum Gasteiger partial charge on any atom is 0.224 e. The molecule has 0 aliphatic heterocycles. The van der Waals surface area contributed by atoms with Crippen LogP contribution in [0.1, 0.15) is 39.7 Å². The number of aryl methyl sites for hydroxylation is 1. The molecule has 1 amide bonds. The maximum absolute atomic E-state index is 12.0. The predicted molar refractivity (Wildman–Crippen MR) is 77.5 cm³/mol. The third kappa shape index (κ3) is 4.06. The summed E-state index contributed by atoms with van der Waals surface area (Å²) in [7, 11) is 0. The molecule has 3 N–H and O–H groups in total. The lowest BCUT2D eigenvalue weighted by atomic mass is 9.80. The zero-order valence-corrected chi connectivity index (χ0v) is 12.0. The highest BCUT2D eigenvalue weighted by Crippen LogP contribution is 2.28. The van der Waals surface area contributed by atoms with E-state index in [1.165, 1.54) is 0 Å². The van der Waals surface area contributed by atoms with Gasteiger partial charge in [-0.3, -0.25) is 4.79 Å². The van der Waals surface area contributed by atoms with Gasteiger partial charge in [0.05, 0.1) is 0 Å². The Bertz CT molecular complexity index is 433. The van der Waals surface area contributed by atoms with Crippen molar-refractivity contribution in [3.63, 3.8) is 0 Å². The number of carbonyl (C=O) groups is 1. The SMILES string of the molecule is Cc1cc(N)ccc1NC(=O)CC(C)C(C)(C)C. The fourth-order valence-electron chi connectivity index (χ4n) is 1.61. The van der Waals surface area contributed by atoms with E-state index in [2.05, 4.69) is 33.0 Å². The highest BCUT2D eigenvalue weighted by Gasteiger charge is 2.22. The van der Waals surface area contributed by atoms with Crippen molar-refractivity contribution in [2.45, 2.75) is 41.0 Å². The second-order valence-electron chi connectivity index (χ2n) is 6.09. The summed E-state index contributed by atoms with van der Waals surface area (Å²) in [6.45, 7) is 10.5. The molecule has 0 aromatic heterocycles. The smallest absolute Gasteiger partial charge is 0.224 e. The van der Waals surface area contributed by atoms with E-state index >= 15 is 0 Å². The van der Waals surface area contributed by atoms with Crippen LogP contribution >= 0.6 is 0 Å². The first kappa shape index (κ1) is 14.6. The Kier molecular flexibility index (Phi) is 4.38. The number of anilines is 2. The van der Waals surface area contributed by atoms with E-state index < -0.39 is 0 Å². The lowest BCUT2D eigenvalue weighted by molar-refractivity contribution is -0.117. The summed E-state index contributed by atoms with van der Waals surface area (Å²) in [5.74, 6) is 0.400. The fraction of sp³-hybridized carbons (Fsp3) is 0.533. The molecule has 0 aliphatic rings. The molecular formula is C15H24N2O. The zero-order chi connectivity index (χ0) is 13.9. The quantitative estimate of drug-likeness (QED) is 0.803. The number of nitrogens with two attached hydrogens (primary N) is 1. The van der Waals surface area contributed by atoms with Crippen LogP contribution in [0.5, 0.6) is 0 Å². The number of nitrogen functional groups attached to an aromatic ring is 1. The third-order valence-corrected chi connectivity index (χ3v) is 3.49. The van der Waals surface area contributed by atoms with Gasteiger partial charge in [-0.15, -0.1) is 0 Å². The molecule has 18 heavy (non-hydrogen) atoms. The van der Waals surface area contributed by atoms with Crippen LogP contribution in [0.2, 0.25) is 0 Å². The Labute approximate surface area is 110 Å². The fourth-order valence-corrected chi connectivity index (χ4v) is 1.61. The van der Waals surface area contributed by atoms with Crippen LogP contribution < -0.4 is 11.1 Å². The Balaban J connectivity index is 2.65. The number of benzene rings is 1. The topological polar surface area (TPSA) is 55.1 Å². The Morgan fingerprint density at radius 3 is 2.50 bits per heavy atom. The highest BCUT2D eigenvalue weighted by atomic mass is 16.1. The largest absolute Gasteiger partial charge is 0.399 e. The summed E-state index contributed by atoms with van der Waals surface area (Å²) in [6, 6.07) is 5.52. The van der Waals surface area contributed by atoms with Gasteiger partial charge in [-0.2, -0.15) is 0 Å². The van der Waals surface area contributed by atoms with Crippen LogP contribution in [0.3, 0.4) is 0 Å². The molecule has 0 fully saturated rings. The van der Waals surface area contributed by atoms with Gasteiger partial charge in [-0.05, 0) is 42.0 Å². The van der Waals surface area contributed by atoms with Crippen molar-refractivity contribution >= 4 is 17.3 Å². The first-order valence-corrected chi connectivity index (χ1v) is 6.36. The molecule has 0 heterocycles. The minimum Gasteiger partial charge on any atom is -0.399 e. The van der Waals surface area contributed by atoms with E-state index in [1.807, 2.05) is 19.1 Å². The minimum absolute atomic E-state index is 0.0605. The van der Waals surface area contributed by atoms with Crippen molar-refractivity contribution in [1.82, 2.24) is 0 Å². The molecular weight excluding hydrogens is 224 g/mol. The number of amides is 1. The van der Waals surface area contributed by atoms with Crippen LogP contribution in [0, 0.1) is 18.3 Å². The van der Waals surface area contributed by atoms with Crippen molar-refractivity contribution < 1.29 is 4.79 Å². The number of nitrogens with one attached hydrogen (secondary N) is 1. The van der Waals surface area contributed by atoms with Crippen LogP contribution in [-0.4, -0.2) is 5.91 Å². The summed E-state index contributed by atoms with van der Waals surface area (Å²) in [5, 5.41) is 2.95. The summed E-state index contributed by atoms with van der Waals surface area (Å²) >= 11 is 0. The number of hydrogen-bond donors (Lipinski definition) is 2. The Hall–Kier alpha value is -1.51. The van der Waals surface area contributed by atoms with Crippen molar-refractivity contribution in [3.8, 4) is 0 Å². The Morgan fingerprint density at radius 1 is 1.39 bits per heavy atom. The third-order valence-electron chi connectivity index (χ3n) is 3.49. The molecule has 3 heteroatoms.